The lowest BCUT2D eigenvalue weighted by molar-refractivity contribution is 0.140. The summed E-state index contributed by atoms with van der Waals surface area (Å²) in [5, 5.41) is 9.10. The van der Waals surface area contributed by atoms with E-state index in [-0.39, 0.29) is 24.0 Å². The molecular formula is C21H32IN5S. The van der Waals surface area contributed by atoms with Gasteiger partial charge in [-0.05, 0) is 62.4 Å². The van der Waals surface area contributed by atoms with Gasteiger partial charge in [-0.25, -0.2) is 4.99 Å². The van der Waals surface area contributed by atoms with E-state index in [4.69, 9.17) is 4.99 Å². The number of rotatable bonds is 7. The average molecular weight is 513 g/mol. The van der Waals surface area contributed by atoms with Crippen LogP contribution in [0.1, 0.15) is 43.3 Å². The largest absolute Gasteiger partial charge is 0.357 e. The summed E-state index contributed by atoms with van der Waals surface area (Å²) in [7, 11) is 0. The third-order valence-electron chi connectivity index (χ3n) is 5.06. The fourth-order valence-corrected chi connectivity index (χ4v) is 4.28. The summed E-state index contributed by atoms with van der Waals surface area (Å²) < 4.78 is 0. The molecule has 0 aliphatic carbocycles. The number of aromatic nitrogens is 1. The Labute approximate surface area is 190 Å². The summed E-state index contributed by atoms with van der Waals surface area (Å²) in [5.74, 6) is 1.70. The summed E-state index contributed by atoms with van der Waals surface area (Å²) in [4.78, 5) is 13.1. The number of guanidine groups is 1. The Kier molecular flexibility index (Phi) is 10.2. The predicted molar refractivity (Wildman–Crippen MR) is 130 cm³/mol. The zero-order valence-electron chi connectivity index (χ0n) is 16.8. The maximum absolute atomic E-state index is 4.71. The molecule has 0 radical (unpaired) electrons. The van der Waals surface area contributed by atoms with Gasteiger partial charge in [0.15, 0.2) is 5.96 Å². The Hall–Kier alpha value is -1.19. The first-order valence-corrected chi connectivity index (χ1v) is 10.8. The minimum absolute atomic E-state index is 0. The van der Waals surface area contributed by atoms with E-state index in [1.807, 2.05) is 35.7 Å². The van der Waals surface area contributed by atoms with Gasteiger partial charge < -0.3 is 10.6 Å². The van der Waals surface area contributed by atoms with Crippen LogP contribution in [0.5, 0.6) is 0 Å². The van der Waals surface area contributed by atoms with Crippen molar-refractivity contribution in [1.29, 1.82) is 0 Å². The van der Waals surface area contributed by atoms with Crippen LogP contribution < -0.4 is 10.6 Å². The van der Waals surface area contributed by atoms with E-state index < -0.39 is 0 Å². The molecular weight excluding hydrogens is 481 g/mol. The molecule has 3 rings (SSSR count). The minimum atomic E-state index is 0. The third-order valence-corrected chi connectivity index (χ3v) is 6.04. The number of hydrogen-bond donors (Lipinski definition) is 2. The summed E-state index contributed by atoms with van der Waals surface area (Å²) in [6.45, 7) is 9.10. The fourth-order valence-electron chi connectivity index (χ4n) is 3.42. The lowest BCUT2D eigenvalue weighted by Crippen LogP contribution is -2.45. The number of nitrogens with one attached hydrogen (secondary N) is 2. The number of aliphatic imine (C=N–C) groups is 1. The van der Waals surface area contributed by atoms with Crippen molar-refractivity contribution in [2.75, 3.05) is 26.2 Å². The van der Waals surface area contributed by atoms with Gasteiger partial charge in [-0.15, -0.1) is 35.3 Å². The molecule has 3 heterocycles. The van der Waals surface area contributed by atoms with Crippen molar-refractivity contribution in [3.8, 4) is 0 Å². The van der Waals surface area contributed by atoms with Gasteiger partial charge in [0.2, 0.25) is 0 Å². The molecule has 0 spiro atoms. The second-order valence-electron chi connectivity index (χ2n) is 7.15. The van der Waals surface area contributed by atoms with Crippen LogP contribution >= 0.6 is 35.3 Å². The van der Waals surface area contributed by atoms with E-state index in [1.165, 1.54) is 30.8 Å². The molecule has 0 bridgehead atoms. The first-order valence-electron chi connectivity index (χ1n) is 9.95. The Morgan fingerprint density at radius 2 is 2.07 bits per heavy atom. The molecule has 1 saturated heterocycles. The fraction of sp³-hybridized carbons (Fsp3) is 0.524. The second-order valence-corrected chi connectivity index (χ2v) is 8.13. The number of halogens is 1. The van der Waals surface area contributed by atoms with E-state index in [0.717, 1.165) is 30.7 Å². The predicted octanol–water partition coefficient (Wildman–Crippen LogP) is 4.29. The lowest BCUT2D eigenvalue weighted by atomic mass is 9.97. The maximum atomic E-state index is 4.71. The van der Waals surface area contributed by atoms with Gasteiger partial charge in [0.05, 0.1) is 18.3 Å². The Morgan fingerprint density at radius 1 is 1.25 bits per heavy atom. The molecule has 7 heteroatoms. The van der Waals surface area contributed by atoms with Crippen molar-refractivity contribution in [3.05, 3.63) is 52.5 Å². The molecule has 2 aromatic heterocycles. The molecule has 1 atom stereocenters. The molecule has 2 aromatic rings. The topological polar surface area (TPSA) is 52.6 Å². The van der Waals surface area contributed by atoms with Gasteiger partial charge in [0.1, 0.15) is 0 Å². The maximum Gasteiger partial charge on any atom is 0.191 e. The van der Waals surface area contributed by atoms with E-state index in [2.05, 4.69) is 51.9 Å². The number of nitrogens with zero attached hydrogens (tertiary/aromatic N) is 3. The van der Waals surface area contributed by atoms with Crippen molar-refractivity contribution >= 4 is 41.3 Å². The lowest BCUT2D eigenvalue weighted by Gasteiger charge is -2.36. The Morgan fingerprint density at radius 3 is 2.71 bits per heavy atom. The van der Waals surface area contributed by atoms with Crippen molar-refractivity contribution < 1.29 is 0 Å². The average Bonchev–Trinajstić information content (AvgIpc) is 3.23. The van der Waals surface area contributed by atoms with Gasteiger partial charge in [-0.2, -0.15) is 0 Å². The highest BCUT2D eigenvalue weighted by molar-refractivity contribution is 14.0. The summed E-state index contributed by atoms with van der Waals surface area (Å²) >= 11 is 1.85. The number of hydrogen-bond acceptors (Lipinski definition) is 4. The minimum Gasteiger partial charge on any atom is -0.357 e. The smallest absolute Gasteiger partial charge is 0.191 e. The van der Waals surface area contributed by atoms with Gasteiger partial charge in [0.25, 0.3) is 0 Å². The molecule has 1 aliphatic heterocycles. The third kappa shape index (κ3) is 7.00. The SMILES string of the molecule is CCNC(=NCc1ccccn1)NCC(c1cccs1)N1CCC(C)CC1.I. The molecule has 154 valence electrons. The van der Waals surface area contributed by atoms with Gasteiger partial charge >= 0.3 is 0 Å². The van der Waals surface area contributed by atoms with Crippen LogP contribution in [-0.2, 0) is 6.54 Å². The Balaban J connectivity index is 0.00000280. The number of pyridine rings is 1. The van der Waals surface area contributed by atoms with Crippen LogP contribution in [0.2, 0.25) is 0 Å². The molecule has 2 N–H and O–H groups in total. The van der Waals surface area contributed by atoms with E-state index in [1.54, 1.807) is 0 Å². The summed E-state index contributed by atoms with van der Waals surface area (Å²) in [6, 6.07) is 10.8. The zero-order chi connectivity index (χ0) is 18.9. The number of piperidine rings is 1. The van der Waals surface area contributed by atoms with Crippen molar-refractivity contribution in [2.45, 2.75) is 39.3 Å². The Bertz CT molecular complexity index is 684. The van der Waals surface area contributed by atoms with Crippen molar-refractivity contribution in [3.63, 3.8) is 0 Å². The molecule has 1 unspecified atom stereocenters. The first-order chi connectivity index (χ1) is 13.3. The van der Waals surface area contributed by atoms with Crippen LogP contribution in [0.15, 0.2) is 46.9 Å². The van der Waals surface area contributed by atoms with Gasteiger partial charge in [-0.1, -0.05) is 19.1 Å². The zero-order valence-corrected chi connectivity index (χ0v) is 20.0. The molecule has 1 fully saturated rings. The standard InChI is InChI=1S/C21H31N5S.HI/c1-3-22-21(24-15-18-7-4-5-11-23-18)25-16-19(20-8-6-14-27-20)26-12-9-17(2)10-13-26;/h4-8,11,14,17,19H,3,9-10,12-13,15-16H2,1-2H3,(H2,22,24,25);1H. The molecule has 0 amide bonds. The van der Waals surface area contributed by atoms with Crippen LogP contribution in [-0.4, -0.2) is 42.0 Å². The number of likely N-dealkylation sites (tertiary alicyclic amines) is 1. The second kappa shape index (κ2) is 12.4. The van der Waals surface area contributed by atoms with Gasteiger partial charge in [0, 0.05) is 24.2 Å². The normalized spacial score (nSPS) is 17.0. The number of thiophene rings is 1. The summed E-state index contributed by atoms with van der Waals surface area (Å²) in [6.07, 6.45) is 4.39. The van der Waals surface area contributed by atoms with Crippen LogP contribution in [0.25, 0.3) is 0 Å². The van der Waals surface area contributed by atoms with Crippen LogP contribution in [0, 0.1) is 5.92 Å². The highest BCUT2D eigenvalue weighted by atomic mass is 127. The van der Waals surface area contributed by atoms with Gasteiger partial charge in [-0.3, -0.25) is 9.88 Å². The van der Waals surface area contributed by atoms with E-state index in [9.17, 15) is 0 Å². The van der Waals surface area contributed by atoms with E-state index >= 15 is 0 Å². The van der Waals surface area contributed by atoms with Crippen LogP contribution in [0.3, 0.4) is 0 Å². The van der Waals surface area contributed by atoms with Crippen LogP contribution in [0.4, 0.5) is 0 Å². The molecule has 0 aromatic carbocycles. The molecule has 28 heavy (non-hydrogen) atoms. The summed E-state index contributed by atoms with van der Waals surface area (Å²) in [5.41, 5.74) is 0.981. The monoisotopic (exact) mass is 513 g/mol. The highest BCUT2D eigenvalue weighted by Gasteiger charge is 2.25. The molecule has 5 nitrogen and oxygen atoms in total. The quantitative estimate of drug-likeness (QED) is 0.330. The van der Waals surface area contributed by atoms with Crippen molar-refractivity contribution in [1.82, 2.24) is 20.5 Å². The molecule has 0 saturated carbocycles. The van der Waals surface area contributed by atoms with E-state index in [0.29, 0.717) is 12.6 Å². The molecule has 1 aliphatic rings. The first kappa shape index (κ1) is 23.1. The van der Waals surface area contributed by atoms with Crippen molar-refractivity contribution in [2.24, 2.45) is 10.9 Å². The highest BCUT2D eigenvalue weighted by Crippen LogP contribution is 2.29.